The monoisotopic (exact) mass is 375 g/mol. The summed E-state index contributed by atoms with van der Waals surface area (Å²) < 4.78 is 13.1. The number of hydrogen-bond acceptors (Lipinski definition) is 8. The Morgan fingerprint density at radius 2 is 2.00 bits per heavy atom. The SMILES string of the molecule is CSc1cc2c(cc1Sc1nc3c(N)nccc3n1CCN)OCO2. The maximum Gasteiger partial charge on any atom is 0.231 e. The molecule has 0 saturated heterocycles. The van der Waals surface area contributed by atoms with E-state index in [1.54, 1.807) is 29.7 Å². The summed E-state index contributed by atoms with van der Waals surface area (Å²) in [7, 11) is 0. The third-order valence-electron chi connectivity index (χ3n) is 3.87. The second-order valence-electron chi connectivity index (χ2n) is 5.36. The molecule has 0 amide bonds. The topological polar surface area (TPSA) is 101 Å². The Bertz CT molecular complexity index is 944. The molecule has 1 aromatic carbocycles. The summed E-state index contributed by atoms with van der Waals surface area (Å²) in [6.45, 7) is 1.42. The van der Waals surface area contributed by atoms with Gasteiger partial charge in [-0.2, -0.15) is 0 Å². The van der Waals surface area contributed by atoms with Gasteiger partial charge in [0, 0.05) is 29.1 Å². The number of nitrogens with two attached hydrogens (primary N) is 2. The molecule has 25 heavy (non-hydrogen) atoms. The minimum absolute atomic E-state index is 0.255. The van der Waals surface area contributed by atoms with Crippen LogP contribution in [0, 0.1) is 0 Å². The van der Waals surface area contributed by atoms with Crippen LogP contribution in [0.5, 0.6) is 11.5 Å². The second kappa shape index (κ2) is 6.66. The van der Waals surface area contributed by atoms with E-state index in [-0.39, 0.29) is 6.79 Å². The van der Waals surface area contributed by atoms with Crippen LogP contribution >= 0.6 is 23.5 Å². The highest BCUT2D eigenvalue weighted by Gasteiger charge is 2.20. The summed E-state index contributed by atoms with van der Waals surface area (Å²) >= 11 is 3.22. The van der Waals surface area contributed by atoms with Gasteiger partial charge in [-0.3, -0.25) is 0 Å². The Morgan fingerprint density at radius 3 is 2.72 bits per heavy atom. The van der Waals surface area contributed by atoms with Gasteiger partial charge in [-0.05, 0) is 24.5 Å². The summed E-state index contributed by atoms with van der Waals surface area (Å²) in [5, 5.41) is 0.828. The van der Waals surface area contributed by atoms with Gasteiger partial charge < -0.3 is 25.5 Å². The fourth-order valence-electron chi connectivity index (χ4n) is 2.72. The van der Waals surface area contributed by atoms with Gasteiger partial charge in [-0.25, -0.2) is 9.97 Å². The Labute approximate surface area is 153 Å². The third-order valence-corrected chi connectivity index (χ3v) is 5.83. The highest BCUT2D eigenvalue weighted by atomic mass is 32.2. The van der Waals surface area contributed by atoms with Crippen LogP contribution in [-0.2, 0) is 6.54 Å². The second-order valence-corrected chi connectivity index (χ2v) is 7.21. The van der Waals surface area contributed by atoms with Gasteiger partial charge in [0.2, 0.25) is 6.79 Å². The third kappa shape index (κ3) is 2.88. The van der Waals surface area contributed by atoms with Crippen LogP contribution in [0.25, 0.3) is 11.0 Å². The lowest BCUT2D eigenvalue weighted by molar-refractivity contribution is 0.174. The van der Waals surface area contributed by atoms with Crippen molar-refractivity contribution in [3.8, 4) is 11.5 Å². The number of rotatable bonds is 5. The van der Waals surface area contributed by atoms with Gasteiger partial charge in [0.25, 0.3) is 0 Å². The van der Waals surface area contributed by atoms with Crippen molar-refractivity contribution in [3.05, 3.63) is 24.4 Å². The minimum Gasteiger partial charge on any atom is -0.454 e. The van der Waals surface area contributed by atoms with Crippen LogP contribution in [0.1, 0.15) is 0 Å². The van der Waals surface area contributed by atoms with Gasteiger partial charge in [-0.15, -0.1) is 11.8 Å². The predicted molar refractivity (Wildman–Crippen MR) is 99.5 cm³/mol. The van der Waals surface area contributed by atoms with Gasteiger partial charge in [-0.1, -0.05) is 11.8 Å². The van der Waals surface area contributed by atoms with Gasteiger partial charge >= 0.3 is 0 Å². The molecule has 0 bridgehead atoms. The number of nitrogens with zero attached hydrogens (tertiary/aromatic N) is 3. The minimum atomic E-state index is 0.255. The molecule has 0 atom stereocenters. The van der Waals surface area contributed by atoms with Crippen LogP contribution in [0.2, 0.25) is 0 Å². The molecule has 0 aliphatic carbocycles. The number of hydrogen-bond donors (Lipinski definition) is 2. The van der Waals surface area contributed by atoms with Gasteiger partial charge in [0.15, 0.2) is 22.5 Å². The van der Waals surface area contributed by atoms with Crippen molar-refractivity contribution in [3.63, 3.8) is 0 Å². The molecule has 7 nitrogen and oxygen atoms in total. The lowest BCUT2D eigenvalue weighted by atomic mass is 10.3. The lowest BCUT2D eigenvalue weighted by Crippen LogP contribution is -2.10. The molecule has 4 rings (SSSR count). The molecular weight excluding hydrogens is 358 g/mol. The van der Waals surface area contributed by atoms with E-state index in [0.29, 0.717) is 24.4 Å². The molecule has 1 aliphatic rings. The van der Waals surface area contributed by atoms with E-state index in [2.05, 4.69) is 9.55 Å². The summed E-state index contributed by atoms with van der Waals surface area (Å²) in [6.07, 6.45) is 3.72. The fraction of sp³-hybridized carbons (Fsp3) is 0.250. The molecule has 9 heteroatoms. The first-order chi connectivity index (χ1) is 12.2. The van der Waals surface area contributed by atoms with Crippen LogP contribution in [0.4, 0.5) is 5.82 Å². The van der Waals surface area contributed by atoms with Crippen molar-refractivity contribution in [2.45, 2.75) is 21.5 Å². The number of ether oxygens (including phenoxy) is 2. The lowest BCUT2D eigenvalue weighted by Gasteiger charge is -2.10. The molecule has 0 radical (unpaired) electrons. The smallest absolute Gasteiger partial charge is 0.231 e. The van der Waals surface area contributed by atoms with Crippen molar-refractivity contribution < 1.29 is 9.47 Å². The number of benzene rings is 1. The highest BCUT2D eigenvalue weighted by Crippen LogP contribution is 2.44. The predicted octanol–water partition coefficient (Wildman–Crippen LogP) is 2.57. The first-order valence-corrected chi connectivity index (χ1v) is 9.71. The average molecular weight is 375 g/mol. The largest absolute Gasteiger partial charge is 0.454 e. The molecule has 1 aliphatic heterocycles. The summed E-state index contributed by atoms with van der Waals surface area (Å²) in [4.78, 5) is 11.0. The Morgan fingerprint density at radius 1 is 1.24 bits per heavy atom. The maximum atomic E-state index is 5.99. The zero-order valence-electron chi connectivity index (χ0n) is 13.6. The first kappa shape index (κ1) is 16.4. The fourth-order valence-corrected chi connectivity index (χ4v) is 4.54. The van der Waals surface area contributed by atoms with Gasteiger partial charge in [0.05, 0.1) is 5.52 Å². The summed E-state index contributed by atoms with van der Waals surface area (Å²) in [6, 6.07) is 5.90. The van der Waals surface area contributed by atoms with E-state index in [1.807, 2.05) is 24.5 Å². The maximum absolute atomic E-state index is 5.99. The Balaban J connectivity index is 1.81. The molecule has 0 spiro atoms. The van der Waals surface area contributed by atoms with Crippen molar-refractivity contribution >= 4 is 40.4 Å². The number of pyridine rings is 1. The number of aromatic nitrogens is 3. The molecule has 3 heterocycles. The molecule has 3 aromatic rings. The van der Waals surface area contributed by atoms with Crippen molar-refractivity contribution in [2.24, 2.45) is 5.73 Å². The summed E-state index contributed by atoms with van der Waals surface area (Å²) in [5.41, 5.74) is 13.4. The van der Waals surface area contributed by atoms with Crippen molar-refractivity contribution in [1.82, 2.24) is 14.5 Å². The zero-order valence-corrected chi connectivity index (χ0v) is 15.2. The molecular formula is C16H17N5O2S2. The van der Waals surface area contributed by atoms with Crippen molar-refractivity contribution in [1.29, 1.82) is 0 Å². The first-order valence-electron chi connectivity index (χ1n) is 7.67. The Hall–Kier alpha value is -2.10. The number of nitrogen functional groups attached to an aromatic ring is 1. The summed E-state index contributed by atoms with van der Waals surface area (Å²) in [5.74, 6) is 1.95. The number of imidazole rings is 1. The normalized spacial score (nSPS) is 12.9. The van der Waals surface area contributed by atoms with Crippen LogP contribution in [-0.4, -0.2) is 34.1 Å². The van der Waals surface area contributed by atoms with E-state index in [0.717, 1.165) is 32.0 Å². The van der Waals surface area contributed by atoms with Crippen LogP contribution < -0.4 is 20.9 Å². The van der Waals surface area contributed by atoms with Crippen molar-refractivity contribution in [2.75, 3.05) is 25.3 Å². The van der Waals surface area contributed by atoms with E-state index in [1.165, 1.54) is 0 Å². The quantitative estimate of drug-likeness (QED) is 0.656. The van der Waals surface area contributed by atoms with E-state index in [9.17, 15) is 0 Å². The molecule has 0 fully saturated rings. The number of thioether (sulfide) groups is 1. The van der Waals surface area contributed by atoms with E-state index in [4.69, 9.17) is 25.9 Å². The number of fused-ring (bicyclic) bond motifs is 2. The average Bonchev–Trinajstić information content (AvgIpc) is 3.20. The molecule has 4 N–H and O–H groups in total. The zero-order chi connectivity index (χ0) is 17.4. The number of anilines is 1. The Kier molecular flexibility index (Phi) is 4.36. The van der Waals surface area contributed by atoms with Crippen LogP contribution in [0.15, 0.2) is 39.3 Å². The molecule has 2 aromatic heterocycles. The molecule has 130 valence electrons. The van der Waals surface area contributed by atoms with E-state index >= 15 is 0 Å². The molecule has 0 saturated carbocycles. The highest BCUT2D eigenvalue weighted by molar-refractivity contribution is 8.02. The van der Waals surface area contributed by atoms with Gasteiger partial charge in [0.1, 0.15) is 5.52 Å². The standard InChI is InChI=1S/C16H17N5O2S2/c1-24-12-6-10-11(23-8-22-10)7-13(12)25-16-20-14-9(21(16)5-3-17)2-4-19-15(14)18/h2,4,6-7H,3,5,8,17H2,1H3,(H2,18,19). The molecule has 0 unspecified atom stereocenters. The van der Waals surface area contributed by atoms with E-state index < -0.39 is 0 Å². The van der Waals surface area contributed by atoms with Crippen LogP contribution in [0.3, 0.4) is 0 Å².